The van der Waals surface area contributed by atoms with Crippen LogP contribution in [0, 0.1) is 0 Å². The predicted octanol–water partition coefficient (Wildman–Crippen LogP) is 1.46. The third-order valence-electron chi connectivity index (χ3n) is 1.61. The van der Waals surface area contributed by atoms with Gasteiger partial charge in [0, 0.05) is 5.56 Å². The van der Waals surface area contributed by atoms with Crippen molar-refractivity contribution < 1.29 is 23.0 Å². The van der Waals surface area contributed by atoms with Gasteiger partial charge in [-0.2, -0.15) is 5.10 Å². The number of rotatable bonds is 3. The van der Waals surface area contributed by atoms with Gasteiger partial charge in [-0.15, -0.1) is 13.2 Å². The molecular weight excluding hydrogens is 271 g/mol. The number of halogens is 3. The van der Waals surface area contributed by atoms with Crippen LogP contribution in [0.15, 0.2) is 23.3 Å². The van der Waals surface area contributed by atoms with Gasteiger partial charge in [0.1, 0.15) is 11.5 Å². The third kappa shape index (κ3) is 4.87. The minimum Gasteiger partial charge on any atom is -0.507 e. The number of nitrogens with zero attached hydrogens (tertiary/aromatic N) is 1. The number of phenols is 1. The number of nitrogens with one attached hydrogen (secondary N) is 1. The van der Waals surface area contributed by atoms with Gasteiger partial charge in [0.15, 0.2) is 5.11 Å². The minimum absolute atomic E-state index is 0.0144. The molecule has 0 aromatic heterocycles. The highest BCUT2D eigenvalue weighted by Gasteiger charge is 2.31. The Morgan fingerprint density at radius 1 is 1.50 bits per heavy atom. The van der Waals surface area contributed by atoms with Gasteiger partial charge in [-0.1, -0.05) is 0 Å². The van der Waals surface area contributed by atoms with E-state index in [4.69, 9.17) is 5.73 Å². The summed E-state index contributed by atoms with van der Waals surface area (Å²) >= 11 is 4.46. The molecule has 9 heteroatoms. The Balaban J connectivity index is 2.88. The first kappa shape index (κ1) is 14.0. The lowest BCUT2D eigenvalue weighted by Gasteiger charge is -2.09. The second-order valence-electron chi connectivity index (χ2n) is 3.00. The van der Waals surface area contributed by atoms with E-state index >= 15 is 0 Å². The molecule has 1 aromatic carbocycles. The van der Waals surface area contributed by atoms with Crippen molar-refractivity contribution in [1.29, 1.82) is 0 Å². The molecule has 0 atom stereocenters. The van der Waals surface area contributed by atoms with Crippen LogP contribution >= 0.6 is 12.2 Å². The molecule has 0 bridgehead atoms. The van der Waals surface area contributed by atoms with Crippen LogP contribution < -0.4 is 15.9 Å². The largest absolute Gasteiger partial charge is 0.573 e. The Morgan fingerprint density at radius 3 is 2.72 bits per heavy atom. The lowest BCUT2D eigenvalue weighted by atomic mass is 10.2. The second kappa shape index (κ2) is 5.54. The molecule has 0 saturated heterocycles. The van der Waals surface area contributed by atoms with Crippen molar-refractivity contribution in [2.75, 3.05) is 0 Å². The molecule has 0 fully saturated rings. The van der Waals surface area contributed by atoms with Crippen LogP contribution in [0.3, 0.4) is 0 Å². The van der Waals surface area contributed by atoms with Gasteiger partial charge >= 0.3 is 6.36 Å². The van der Waals surface area contributed by atoms with Crippen LogP contribution in [0.5, 0.6) is 11.5 Å². The van der Waals surface area contributed by atoms with Crippen molar-refractivity contribution in [1.82, 2.24) is 5.43 Å². The fraction of sp³-hybridized carbons (Fsp3) is 0.111. The highest BCUT2D eigenvalue weighted by molar-refractivity contribution is 7.80. The first-order valence-electron chi connectivity index (χ1n) is 4.45. The van der Waals surface area contributed by atoms with Gasteiger partial charge < -0.3 is 15.6 Å². The average Bonchev–Trinajstić information content (AvgIpc) is 2.20. The Kier molecular flexibility index (Phi) is 4.32. The molecule has 0 saturated carbocycles. The zero-order chi connectivity index (χ0) is 13.8. The van der Waals surface area contributed by atoms with Crippen molar-refractivity contribution in [3.05, 3.63) is 23.8 Å². The van der Waals surface area contributed by atoms with Crippen LogP contribution in [-0.4, -0.2) is 22.8 Å². The predicted molar refractivity (Wildman–Crippen MR) is 62.3 cm³/mol. The number of nitrogens with two attached hydrogens (primary N) is 1. The van der Waals surface area contributed by atoms with Crippen LogP contribution in [-0.2, 0) is 0 Å². The normalized spacial score (nSPS) is 11.5. The molecule has 4 N–H and O–H groups in total. The van der Waals surface area contributed by atoms with E-state index in [1.807, 2.05) is 0 Å². The van der Waals surface area contributed by atoms with Crippen LogP contribution in [0.4, 0.5) is 13.2 Å². The van der Waals surface area contributed by atoms with E-state index in [1.54, 1.807) is 0 Å². The van der Waals surface area contributed by atoms with Crippen LogP contribution in [0.2, 0.25) is 0 Å². The van der Waals surface area contributed by atoms with E-state index < -0.39 is 12.1 Å². The fourth-order valence-corrected chi connectivity index (χ4v) is 1.05. The van der Waals surface area contributed by atoms with E-state index in [0.717, 1.165) is 24.4 Å². The molecule has 5 nitrogen and oxygen atoms in total. The number of ether oxygens (including phenoxy) is 1. The van der Waals surface area contributed by atoms with Gasteiger partial charge in [0.05, 0.1) is 6.21 Å². The van der Waals surface area contributed by atoms with Crippen molar-refractivity contribution in [2.45, 2.75) is 6.36 Å². The maximum Gasteiger partial charge on any atom is 0.573 e. The fourth-order valence-electron chi connectivity index (χ4n) is 0.999. The molecule has 0 heterocycles. The summed E-state index contributed by atoms with van der Waals surface area (Å²) in [7, 11) is 0. The van der Waals surface area contributed by atoms with Gasteiger partial charge in [-0.25, -0.2) is 0 Å². The molecule has 0 unspecified atom stereocenters. The molecule has 0 aliphatic rings. The topological polar surface area (TPSA) is 79.9 Å². The van der Waals surface area contributed by atoms with Crippen molar-refractivity contribution in [3.8, 4) is 11.5 Å². The van der Waals surface area contributed by atoms with Gasteiger partial charge in [0.2, 0.25) is 0 Å². The first-order chi connectivity index (χ1) is 8.28. The van der Waals surface area contributed by atoms with Gasteiger partial charge in [0.25, 0.3) is 0 Å². The van der Waals surface area contributed by atoms with Crippen molar-refractivity contribution >= 4 is 23.5 Å². The summed E-state index contributed by atoms with van der Waals surface area (Å²) in [5, 5.41) is 12.8. The summed E-state index contributed by atoms with van der Waals surface area (Å²) in [6, 6.07) is 2.98. The number of hydrogen-bond acceptors (Lipinski definition) is 4. The smallest absolute Gasteiger partial charge is 0.507 e. The summed E-state index contributed by atoms with van der Waals surface area (Å²) in [5.74, 6) is -0.741. The second-order valence-corrected chi connectivity index (χ2v) is 3.44. The van der Waals surface area contributed by atoms with Crippen molar-refractivity contribution in [3.63, 3.8) is 0 Å². The van der Waals surface area contributed by atoms with E-state index in [-0.39, 0.29) is 16.4 Å². The SMILES string of the molecule is NC(=S)NN=Cc1cc(OC(F)(F)F)ccc1O. The van der Waals surface area contributed by atoms with Crippen LogP contribution in [0.25, 0.3) is 0 Å². The Labute approximate surface area is 105 Å². The van der Waals surface area contributed by atoms with Gasteiger partial charge in [-0.05, 0) is 30.4 Å². The lowest BCUT2D eigenvalue weighted by Crippen LogP contribution is -2.24. The summed E-state index contributed by atoms with van der Waals surface area (Å²) in [6.07, 6.45) is -3.75. The average molecular weight is 279 g/mol. The standard InChI is InChI=1S/C9H8F3N3O2S/c10-9(11,12)17-6-1-2-7(16)5(3-6)4-14-15-8(13)18/h1-4,16H,(H3,13,15,18). The molecule has 98 valence electrons. The minimum atomic E-state index is -4.80. The zero-order valence-electron chi connectivity index (χ0n) is 8.73. The van der Waals surface area contributed by atoms with Crippen molar-refractivity contribution in [2.24, 2.45) is 10.8 Å². The number of phenolic OH excluding ortho intramolecular Hbond substituents is 1. The molecule has 1 rings (SSSR count). The number of benzene rings is 1. The molecule has 18 heavy (non-hydrogen) atoms. The third-order valence-corrected chi connectivity index (χ3v) is 1.70. The summed E-state index contributed by atoms with van der Waals surface area (Å²) in [6.45, 7) is 0. The summed E-state index contributed by atoms with van der Waals surface area (Å²) in [4.78, 5) is 0. The van der Waals surface area contributed by atoms with E-state index in [2.05, 4.69) is 27.5 Å². The van der Waals surface area contributed by atoms with E-state index in [9.17, 15) is 18.3 Å². The molecule has 0 aliphatic heterocycles. The van der Waals surface area contributed by atoms with E-state index in [1.165, 1.54) is 0 Å². The molecule has 1 aromatic rings. The maximum absolute atomic E-state index is 12.0. The van der Waals surface area contributed by atoms with Gasteiger partial charge in [-0.3, -0.25) is 5.43 Å². The molecule has 0 aliphatic carbocycles. The molecule has 0 amide bonds. The first-order valence-corrected chi connectivity index (χ1v) is 4.86. The highest BCUT2D eigenvalue weighted by atomic mass is 32.1. The molecule has 0 spiro atoms. The number of aromatic hydroxyl groups is 1. The quantitative estimate of drug-likeness (QED) is 0.443. The van der Waals surface area contributed by atoms with E-state index in [0.29, 0.717) is 0 Å². The summed E-state index contributed by atoms with van der Waals surface area (Å²) in [5.41, 5.74) is 7.29. The number of hydrogen-bond donors (Lipinski definition) is 3. The maximum atomic E-state index is 12.0. The molecular formula is C9H8F3N3O2S. The number of hydrazone groups is 1. The van der Waals surface area contributed by atoms with Crippen LogP contribution in [0.1, 0.15) is 5.56 Å². The Morgan fingerprint density at radius 2 is 2.17 bits per heavy atom. The number of thiocarbonyl (C=S) groups is 1. The Hall–Kier alpha value is -2.03. The zero-order valence-corrected chi connectivity index (χ0v) is 9.55. The molecule has 0 radical (unpaired) electrons. The lowest BCUT2D eigenvalue weighted by molar-refractivity contribution is -0.274. The number of alkyl halides is 3. The highest BCUT2D eigenvalue weighted by Crippen LogP contribution is 2.26. The monoisotopic (exact) mass is 279 g/mol. The summed E-state index contributed by atoms with van der Waals surface area (Å²) < 4.78 is 39.6. The Bertz CT molecular complexity index is 477.